The van der Waals surface area contributed by atoms with E-state index in [4.69, 9.17) is 18.9 Å². The first-order chi connectivity index (χ1) is 18.5. The zero-order valence-corrected chi connectivity index (χ0v) is 22.8. The van der Waals surface area contributed by atoms with Crippen LogP contribution in [-0.2, 0) is 25.6 Å². The normalized spacial score (nSPS) is 18.9. The van der Waals surface area contributed by atoms with Crippen LogP contribution >= 0.6 is 11.3 Å². The number of morpholine rings is 1. The van der Waals surface area contributed by atoms with E-state index in [1.54, 1.807) is 11.0 Å². The Morgan fingerprint density at radius 2 is 1.95 bits per heavy atom. The summed E-state index contributed by atoms with van der Waals surface area (Å²) in [7, 11) is 0. The lowest BCUT2D eigenvalue weighted by Crippen LogP contribution is -2.38. The maximum atomic E-state index is 12.4. The molecule has 2 fully saturated rings. The molecular weight excluding hydrogens is 508 g/mol. The number of rotatable bonds is 14. The number of anilines is 1. The second-order valence-corrected chi connectivity index (χ2v) is 10.7. The number of esters is 1. The van der Waals surface area contributed by atoms with Crippen molar-refractivity contribution in [2.75, 3.05) is 57.6 Å². The summed E-state index contributed by atoms with van der Waals surface area (Å²) in [5.41, 5.74) is 1.56. The van der Waals surface area contributed by atoms with Crippen LogP contribution in [0, 0.1) is 0 Å². The molecule has 38 heavy (non-hydrogen) atoms. The Morgan fingerprint density at radius 3 is 2.71 bits per heavy atom. The van der Waals surface area contributed by atoms with Gasteiger partial charge in [-0.15, -0.1) is 11.3 Å². The van der Waals surface area contributed by atoms with Crippen molar-refractivity contribution in [3.05, 3.63) is 51.7 Å². The van der Waals surface area contributed by atoms with Crippen LogP contribution in [0.4, 0.5) is 10.5 Å². The molecule has 2 aliphatic rings. The minimum atomic E-state index is -0.502. The summed E-state index contributed by atoms with van der Waals surface area (Å²) in [5, 5.41) is 10.4. The Labute approximate surface area is 228 Å². The predicted molar refractivity (Wildman–Crippen MR) is 145 cm³/mol. The zero-order chi connectivity index (χ0) is 26.7. The van der Waals surface area contributed by atoms with E-state index in [2.05, 4.69) is 11.8 Å². The molecule has 10 heteroatoms. The maximum Gasteiger partial charge on any atom is 0.414 e. The second kappa shape index (κ2) is 14.6. The fourth-order valence-electron chi connectivity index (χ4n) is 4.54. The number of nitrogens with zero attached hydrogens (tertiary/aromatic N) is 2. The van der Waals surface area contributed by atoms with Gasteiger partial charge in [0, 0.05) is 30.2 Å². The third-order valence-corrected chi connectivity index (χ3v) is 7.80. The molecule has 0 aliphatic carbocycles. The Hall–Kier alpha value is -2.50. The van der Waals surface area contributed by atoms with Gasteiger partial charge in [0.2, 0.25) is 0 Å². The van der Waals surface area contributed by atoms with Gasteiger partial charge in [-0.05, 0) is 36.2 Å². The first kappa shape index (κ1) is 28.5. The number of cyclic esters (lactones) is 1. The third-order valence-electron chi connectivity index (χ3n) is 6.76. The van der Waals surface area contributed by atoms with Gasteiger partial charge in [-0.1, -0.05) is 38.3 Å². The zero-order valence-electron chi connectivity index (χ0n) is 22.0. The standard InChI is InChI=1S/C28H38N2O7S/c1-2-3-4-5-25(31)21-6-8-22(9-7-21)30-23(19-37-28(30)33)18-35-20-24-10-11-26(38-24)27(32)36-17-14-29-12-15-34-16-13-29/h6-11,23,25,31H,2-5,12-20H2,1H3/t23-,25?/m0/s1. The molecule has 1 aromatic carbocycles. The van der Waals surface area contributed by atoms with Gasteiger partial charge in [0.25, 0.3) is 0 Å². The van der Waals surface area contributed by atoms with E-state index in [0.717, 1.165) is 62.4 Å². The number of hydrogen-bond donors (Lipinski definition) is 1. The number of thiophene rings is 1. The first-order valence-corrected chi connectivity index (χ1v) is 14.2. The highest BCUT2D eigenvalue weighted by atomic mass is 32.1. The molecule has 0 saturated carbocycles. The maximum absolute atomic E-state index is 12.4. The SMILES string of the molecule is CCCCCC(O)c1ccc(N2C(=O)OC[C@@H]2COCc2ccc(C(=O)OCCN3CCOCC3)s2)cc1. The van der Waals surface area contributed by atoms with Gasteiger partial charge in [0.15, 0.2) is 0 Å². The molecule has 0 radical (unpaired) electrons. The molecule has 9 nitrogen and oxygen atoms in total. The highest BCUT2D eigenvalue weighted by molar-refractivity contribution is 7.13. The topological polar surface area (TPSA) is 97.8 Å². The van der Waals surface area contributed by atoms with E-state index in [-0.39, 0.29) is 18.6 Å². The van der Waals surface area contributed by atoms with E-state index in [0.29, 0.717) is 36.9 Å². The van der Waals surface area contributed by atoms with Gasteiger partial charge in [-0.3, -0.25) is 9.80 Å². The number of amides is 1. The molecule has 2 aromatic rings. The van der Waals surface area contributed by atoms with Crippen LogP contribution < -0.4 is 4.90 Å². The summed E-state index contributed by atoms with van der Waals surface area (Å²) in [6.07, 6.45) is 3.02. The number of hydrogen-bond acceptors (Lipinski definition) is 9. The number of aliphatic hydroxyl groups excluding tert-OH is 1. The summed E-state index contributed by atoms with van der Waals surface area (Å²) in [6.45, 7) is 7.22. The van der Waals surface area contributed by atoms with Crippen molar-refractivity contribution < 1.29 is 33.6 Å². The summed E-state index contributed by atoms with van der Waals surface area (Å²) in [6, 6.07) is 10.8. The Morgan fingerprint density at radius 1 is 1.16 bits per heavy atom. The molecule has 0 bridgehead atoms. The highest BCUT2D eigenvalue weighted by Gasteiger charge is 2.34. The van der Waals surface area contributed by atoms with E-state index in [1.807, 2.05) is 30.3 Å². The number of aliphatic hydroxyl groups is 1. The Kier molecular flexibility index (Phi) is 11.0. The smallest absolute Gasteiger partial charge is 0.414 e. The lowest BCUT2D eigenvalue weighted by Gasteiger charge is -2.26. The quantitative estimate of drug-likeness (QED) is 0.275. The van der Waals surface area contributed by atoms with Crippen molar-refractivity contribution >= 4 is 29.1 Å². The van der Waals surface area contributed by atoms with Crippen molar-refractivity contribution in [1.82, 2.24) is 4.90 Å². The fourth-order valence-corrected chi connectivity index (χ4v) is 5.37. The number of carbonyl (C=O) groups is 2. The molecule has 0 spiro atoms. The van der Waals surface area contributed by atoms with Gasteiger partial charge in [0.05, 0.1) is 38.6 Å². The highest BCUT2D eigenvalue weighted by Crippen LogP contribution is 2.27. The van der Waals surface area contributed by atoms with E-state index < -0.39 is 12.2 Å². The molecule has 1 amide bonds. The molecule has 1 aromatic heterocycles. The van der Waals surface area contributed by atoms with Crippen LogP contribution in [0.25, 0.3) is 0 Å². The minimum absolute atomic E-state index is 0.241. The van der Waals surface area contributed by atoms with E-state index >= 15 is 0 Å². The van der Waals surface area contributed by atoms with Crippen LogP contribution in [0.1, 0.15) is 58.8 Å². The first-order valence-electron chi connectivity index (χ1n) is 13.4. The molecule has 3 heterocycles. The number of carbonyl (C=O) groups excluding carboxylic acids is 2. The molecule has 1 unspecified atom stereocenters. The minimum Gasteiger partial charge on any atom is -0.460 e. The van der Waals surface area contributed by atoms with Crippen LogP contribution in [-0.4, -0.2) is 80.8 Å². The molecule has 208 valence electrons. The molecule has 2 aliphatic heterocycles. The van der Waals surface area contributed by atoms with E-state index in [9.17, 15) is 14.7 Å². The number of ether oxygens (including phenoxy) is 4. The third kappa shape index (κ3) is 8.00. The number of benzene rings is 1. The van der Waals surface area contributed by atoms with Gasteiger partial charge >= 0.3 is 12.1 Å². The van der Waals surface area contributed by atoms with Crippen molar-refractivity contribution in [3.63, 3.8) is 0 Å². The van der Waals surface area contributed by atoms with Gasteiger partial charge in [-0.25, -0.2) is 9.59 Å². The lowest BCUT2D eigenvalue weighted by molar-refractivity contribution is 0.0197. The summed E-state index contributed by atoms with van der Waals surface area (Å²) in [5.74, 6) is -0.325. The summed E-state index contributed by atoms with van der Waals surface area (Å²) < 4.78 is 21.9. The Bertz CT molecular complexity index is 1020. The summed E-state index contributed by atoms with van der Waals surface area (Å²) in [4.78, 5) is 30.1. The average molecular weight is 547 g/mol. The van der Waals surface area contributed by atoms with Crippen LogP contribution in [0.2, 0.25) is 0 Å². The van der Waals surface area contributed by atoms with Crippen LogP contribution in [0.3, 0.4) is 0 Å². The molecule has 4 rings (SSSR count). The van der Waals surface area contributed by atoms with Crippen molar-refractivity contribution in [1.29, 1.82) is 0 Å². The Balaban J connectivity index is 1.22. The molecule has 1 N–H and O–H groups in total. The van der Waals surface area contributed by atoms with Gasteiger partial charge in [-0.2, -0.15) is 0 Å². The molecule has 2 atom stereocenters. The van der Waals surface area contributed by atoms with Gasteiger partial charge < -0.3 is 24.1 Å². The largest absolute Gasteiger partial charge is 0.460 e. The lowest BCUT2D eigenvalue weighted by atomic mass is 10.0. The van der Waals surface area contributed by atoms with Crippen LogP contribution in [0.5, 0.6) is 0 Å². The summed E-state index contributed by atoms with van der Waals surface area (Å²) >= 11 is 1.35. The van der Waals surface area contributed by atoms with Gasteiger partial charge in [0.1, 0.15) is 18.1 Å². The van der Waals surface area contributed by atoms with Crippen molar-refractivity contribution in [2.24, 2.45) is 0 Å². The second-order valence-electron chi connectivity index (χ2n) is 9.57. The average Bonchev–Trinajstić information content (AvgIpc) is 3.56. The number of unbranched alkanes of at least 4 members (excludes halogenated alkanes) is 2. The predicted octanol–water partition coefficient (Wildman–Crippen LogP) is 4.39. The van der Waals surface area contributed by atoms with Crippen molar-refractivity contribution in [2.45, 2.75) is 51.4 Å². The van der Waals surface area contributed by atoms with E-state index in [1.165, 1.54) is 11.3 Å². The van der Waals surface area contributed by atoms with Crippen LogP contribution in [0.15, 0.2) is 36.4 Å². The monoisotopic (exact) mass is 546 g/mol. The van der Waals surface area contributed by atoms with Crippen molar-refractivity contribution in [3.8, 4) is 0 Å². The molecule has 2 saturated heterocycles. The fraction of sp³-hybridized carbons (Fsp3) is 0.571. The molecular formula is C28H38N2O7S.